The topological polar surface area (TPSA) is 17.1 Å². The molecule has 0 aromatic rings. The van der Waals surface area contributed by atoms with Crippen molar-refractivity contribution in [1.29, 1.82) is 0 Å². The summed E-state index contributed by atoms with van der Waals surface area (Å²) in [4.78, 5) is 10.7. The molecule has 2 aliphatic rings. The zero-order valence-corrected chi connectivity index (χ0v) is 7.51. The van der Waals surface area contributed by atoms with Crippen LogP contribution in [0.25, 0.3) is 0 Å². The summed E-state index contributed by atoms with van der Waals surface area (Å²) in [5.74, 6) is 3.64. The molecule has 2 saturated carbocycles. The normalized spacial score (nSPS) is 35.5. The lowest BCUT2D eigenvalue weighted by Crippen LogP contribution is -2.25. The Morgan fingerprint density at radius 3 is 2.67 bits per heavy atom. The molecule has 1 heteroatoms. The number of hydrogen-bond donors (Lipinski definition) is 0. The molecule has 0 aromatic carbocycles. The summed E-state index contributed by atoms with van der Waals surface area (Å²) >= 11 is 0. The lowest BCUT2D eigenvalue weighted by molar-refractivity contribution is 0.224. The maximum atomic E-state index is 10.7. The number of hydrogen-bond acceptors (Lipinski definition) is 1. The first-order valence-corrected chi connectivity index (χ1v) is 5.15. The van der Waals surface area contributed by atoms with Crippen LogP contribution in [0.1, 0.15) is 44.9 Å². The van der Waals surface area contributed by atoms with Crippen molar-refractivity contribution in [1.82, 2.24) is 0 Å². The first kappa shape index (κ1) is 8.07. The second-order valence-corrected chi connectivity index (χ2v) is 4.17. The summed E-state index contributed by atoms with van der Waals surface area (Å²) in [5.41, 5.74) is 1.10. The van der Waals surface area contributed by atoms with Gasteiger partial charge in [0, 0.05) is 5.57 Å². The average molecular weight is 164 g/mol. The van der Waals surface area contributed by atoms with Crippen molar-refractivity contribution in [2.24, 2.45) is 11.8 Å². The standard InChI is InChI=1S/C11H16O/c12-8-10-6-3-5-9-4-1-2-7-11(9)10/h9,11H,1-7H2. The monoisotopic (exact) mass is 164 g/mol. The third kappa shape index (κ3) is 1.34. The van der Waals surface area contributed by atoms with Crippen LogP contribution in [-0.2, 0) is 4.79 Å². The maximum absolute atomic E-state index is 10.7. The van der Waals surface area contributed by atoms with E-state index in [1.807, 2.05) is 0 Å². The third-order valence-electron chi connectivity index (χ3n) is 3.51. The van der Waals surface area contributed by atoms with E-state index in [0.717, 1.165) is 17.9 Å². The van der Waals surface area contributed by atoms with Crippen molar-refractivity contribution in [3.05, 3.63) is 5.57 Å². The Kier molecular flexibility index (Phi) is 2.32. The molecule has 1 nitrogen and oxygen atoms in total. The molecule has 0 N–H and O–H groups in total. The second-order valence-electron chi connectivity index (χ2n) is 4.17. The van der Waals surface area contributed by atoms with Gasteiger partial charge in [0.1, 0.15) is 5.94 Å². The largest absolute Gasteiger partial charge is 0.234 e. The fraction of sp³-hybridized carbons (Fsp3) is 0.818. The van der Waals surface area contributed by atoms with Crippen molar-refractivity contribution in [2.75, 3.05) is 0 Å². The summed E-state index contributed by atoms with van der Waals surface area (Å²) < 4.78 is 0. The van der Waals surface area contributed by atoms with Gasteiger partial charge in [-0.05, 0) is 43.9 Å². The van der Waals surface area contributed by atoms with Gasteiger partial charge in [-0.3, -0.25) is 0 Å². The Balaban J connectivity index is 2.14. The maximum Gasteiger partial charge on any atom is 0.123 e. The highest BCUT2D eigenvalue weighted by Crippen LogP contribution is 2.42. The van der Waals surface area contributed by atoms with Crippen LogP contribution in [0.3, 0.4) is 0 Å². The molecule has 2 fully saturated rings. The molecule has 0 aliphatic heterocycles. The zero-order valence-electron chi connectivity index (χ0n) is 7.51. The predicted molar refractivity (Wildman–Crippen MR) is 48.5 cm³/mol. The van der Waals surface area contributed by atoms with Crippen molar-refractivity contribution >= 4 is 5.94 Å². The fourth-order valence-electron chi connectivity index (χ4n) is 2.88. The summed E-state index contributed by atoms with van der Waals surface area (Å²) in [5, 5.41) is 0. The highest BCUT2D eigenvalue weighted by molar-refractivity contribution is 5.53. The first-order chi connectivity index (χ1) is 5.92. The van der Waals surface area contributed by atoms with Gasteiger partial charge in [0.15, 0.2) is 0 Å². The van der Waals surface area contributed by atoms with Gasteiger partial charge in [-0.25, -0.2) is 4.79 Å². The van der Waals surface area contributed by atoms with Crippen LogP contribution in [0.15, 0.2) is 5.57 Å². The molecule has 66 valence electrons. The minimum atomic E-state index is 0.630. The van der Waals surface area contributed by atoms with E-state index in [0.29, 0.717) is 5.92 Å². The number of allylic oxidation sites excluding steroid dienone is 1. The lowest BCUT2D eigenvalue weighted by Gasteiger charge is -2.35. The van der Waals surface area contributed by atoms with E-state index >= 15 is 0 Å². The Labute approximate surface area is 73.8 Å². The Morgan fingerprint density at radius 1 is 1.08 bits per heavy atom. The molecule has 0 amide bonds. The van der Waals surface area contributed by atoms with Crippen LogP contribution in [0, 0.1) is 11.8 Å². The Bertz CT molecular complexity index is 211. The molecule has 0 spiro atoms. The van der Waals surface area contributed by atoms with Gasteiger partial charge in [-0.1, -0.05) is 12.8 Å². The van der Waals surface area contributed by atoms with Crippen molar-refractivity contribution in [3.63, 3.8) is 0 Å². The van der Waals surface area contributed by atoms with Crippen LogP contribution in [-0.4, -0.2) is 5.94 Å². The molecule has 2 aliphatic carbocycles. The molecular formula is C11H16O. The van der Waals surface area contributed by atoms with Crippen LogP contribution in [0.5, 0.6) is 0 Å². The highest BCUT2D eigenvalue weighted by Gasteiger charge is 2.31. The molecule has 0 aromatic heterocycles. The summed E-state index contributed by atoms with van der Waals surface area (Å²) in [7, 11) is 0. The van der Waals surface area contributed by atoms with Crippen LogP contribution in [0.4, 0.5) is 0 Å². The van der Waals surface area contributed by atoms with Gasteiger partial charge in [-0.15, -0.1) is 0 Å². The number of rotatable bonds is 0. The summed E-state index contributed by atoms with van der Waals surface area (Å²) in [6.45, 7) is 0. The molecule has 2 rings (SSSR count). The highest BCUT2D eigenvalue weighted by atomic mass is 16.1. The Morgan fingerprint density at radius 2 is 1.83 bits per heavy atom. The van der Waals surface area contributed by atoms with Crippen LogP contribution in [0.2, 0.25) is 0 Å². The van der Waals surface area contributed by atoms with Crippen LogP contribution < -0.4 is 0 Å². The molecule has 0 heterocycles. The van der Waals surface area contributed by atoms with E-state index in [4.69, 9.17) is 0 Å². The van der Waals surface area contributed by atoms with E-state index in [9.17, 15) is 4.79 Å². The average Bonchev–Trinajstić information content (AvgIpc) is 2.17. The molecule has 12 heavy (non-hydrogen) atoms. The van der Waals surface area contributed by atoms with Gasteiger partial charge in [0.2, 0.25) is 0 Å². The summed E-state index contributed by atoms with van der Waals surface area (Å²) in [6, 6.07) is 0. The minimum absolute atomic E-state index is 0.630. The summed E-state index contributed by atoms with van der Waals surface area (Å²) in [6.07, 6.45) is 8.94. The van der Waals surface area contributed by atoms with E-state index in [1.54, 1.807) is 0 Å². The second kappa shape index (κ2) is 3.45. The molecule has 0 bridgehead atoms. The quantitative estimate of drug-likeness (QED) is 0.503. The first-order valence-electron chi connectivity index (χ1n) is 5.15. The molecule has 2 atom stereocenters. The van der Waals surface area contributed by atoms with E-state index < -0.39 is 0 Å². The van der Waals surface area contributed by atoms with Gasteiger partial charge in [-0.2, -0.15) is 0 Å². The fourth-order valence-corrected chi connectivity index (χ4v) is 2.88. The lowest BCUT2D eigenvalue weighted by atomic mass is 9.69. The van der Waals surface area contributed by atoms with Gasteiger partial charge in [0.25, 0.3) is 0 Å². The van der Waals surface area contributed by atoms with E-state index in [2.05, 4.69) is 5.94 Å². The molecular weight excluding hydrogens is 148 g/mol. The van der Waals surface area contributed by atoms with Crippen molar-refractivity contribution in [2.45, 2.75) is 44.9 Å². The molecule has 0 saturated heterocycles. The predicted octanol–water partition coefficient (Wildman–Crippen LogP) is 2.73. The number of carbonyl (C=O) groups excluding carboxylic acids is 1. The van der Waals surface area contributed by atoms with E-state index in [1.165, 1.54) is 38.5 Å². The number of fused-ring (bicyclic) bond motifs is 1. The Hall–Kier alpha value is -0.550. The van der Waals surface area contributed by atoms with E-state index in [-0.39, 0.29) is 0 Å². The van der Waals surface area contributed by atoms with Crippen molar-refractivity contribution < 1.29 is 4.79 Å². The zero-order chi connectivity index (χ0) is 8.39. The van der Waals surface area contributed by atoms with Gasteiger partial charge >= 0.3 is 0 Å². The third-order valence-corrected chi connectivity index (χ3v) is 3.51. The molecule has 0 radical (unpaired) electrons. The SMILES string of the molecule is O=C=C1CCCC2CCCCC12. The van der Waals surface area contributed by atoms with Crippen molar-refractivity contribution in [3.8, 4) is 0 Å². The van der Waals surface area contributed by atoms with Crippen LogP contribution >= 0.6 is 0 Å². The van der Waals surface area contributed by atoms with Gasteiger partial charge < -0.3 is 0 Å². The van der Waals surface area contributed by atoms with Gasteiger partial charge in [0.05, 0.1) is 0 Å². The molecule has 2 unspecified atom stereocenters. The smallest absolute Gasteiger partial charge is 0.123 e. The minimum Gasteiger partial charge on any atom is -0.234 e.